The van der Waals surface area contributed by atoms with Gasteiger partial charge in [-0.05, 0) is 18.2 Å². The van der Waals surface area contributed by atoms with E-state index in [1.165, 1.54) is 11.3 Å². The molecule has 2 rings (SSSR count). The highest BCUT2D eigenvalue weighted by Gasteiger charge is 2.10. The molecule has 0 aliphatic rings. The molecule has 1 aromatic carbocycles. The van der Waals surface area contributed by atoms with Gasteiger partial charge in [0.1, 0.15) is 0 Å². The number of aliphatic imine (C=N–C) groups is 1. The molecule has 0 bridgehead atoms. The number of hydrogen-bond acceptors (Lipinski definition) is 2. The van der Waals surface area contributed by atoms with Crippen LogP contribution in [0.2, 0.25) is 0 Å². The van der Waals surface area contributed by atoms with Crippen LogP contribution < -0.4 is 11.5 Å². The predicted molar refractivity (Wildman–Crippen MR) is 69.7 cm³/mol. The highest BCUT2D eigenvalue weighted by Crippen LogP contribution is 2.31. The Morgan fingerprint density at radius 3 is 2.75 bits per heavy atom. The second kappa shape index (κ2) is 4.23. The van der Waals surface area contributed by atoms with Crippen LogP contribution in [-0.4, -0.2) is 11.9 Å². The zero-order valence-corrected chi connectivity index (χ0v) is 10.5. The average molecular weight is 298 g/mol. The summed E-state index contributed by atoms with van der Waals surface area (Å²) in [5, 5.41) is 0.988. The van der Waals surface area contributed by atoms with Gasteiger partial charge in [0.25, 0.3) is 5.91 Å². The molecule has 16 heavy (non-hydrogen) atoms. The summed E-state index contributed by atoms with van der Waals surface area (Å²) in [7, 11) is 0. The molecule has 1 amide bonds. The van der Waals surface area contributed by atoms with Crippen LogP contribution in [-0.2, 0) is 0 Å². The quantitative estimate of drug-likeness (QED) is 0.624. The van der Waals surface area contributed by atoms with E-state index in [4.69, 9.17) is 11.5 Å². The Bertz CT molecular complexity index is 587. The molecular formula is C10H8BrN3OS. The smallest absolute Gasteiger partial charge is 0.290 e. The molecule has 0 saturated heterocycles. The Hall–Kier alpha value is -1.40. The lowest BCUT2D eigenvalue weighted by Gasteiger charge is -1.90. The number of thiophene rings is 1. The van der Waals surface area contributed by atoms with E-state index in [1.807, 2.05) is 18.2 Å². The first-order valence-electron chi connectivity index (χ1n) is 4.40. The number of rotatable bonds is 1. The average Bonchev–Trinajstić information content (AvgIpc) is 2.61. The van der Waals surface area contributed by atoms with Crippen LogP contribution in [0.1, 0.15) is 9.67 Å². The van der Waals surface area contributed by atoms with Crippen molar-refractivity contribution in [2.24, 2.45) is 16.5 Å². The van der Waals surface area contributed by atoms with E-state index in [2.05, 4.69) is 20.9 Å². The Balaban J connectivity index is 2.52. The molecule has 0 aliphatic heterocycles. The first-order valence-corrected chi connectivity index (χ1v) is 6.01. The number of guanidine groups is 1. The van der Waals surface area contributed by atoms with Gasteiger partial charge in [-0.2, -0.15) is 4.99 Å². The number of amides is 1. The molecule has 4 nitrogen and oxygen atoms in total. The van der Waals surface area contributed by atoms with Gasteiger partial charge >= 0.3 is 0 Å². The van der Waals surface area contributed by atoms with Crippen molar-refractivity contribution in [1.29, 1.82) is 0 Å². The van der Waals surface area contributed by atoms with Crippen molar-refractivity contribution in [3.8, 4) is 0 Å². The van der Waals surface area contributed by atoms with E-state index in [9.17, 15) is 4.79 Å². The molecule has 0 spiro atoms. The fourth-order valence-corrected chi connectivity index (χ4v) is 2.89. The summed E-state index contributed by atoms with van der Waals surface area (Å²) in [6.07, 6.45) is 0. The van der Waals surface area contributed by atoms with Crippen LogP contribution in [0, 0.1) is 0 Å². The van der Waals surface area contributed by atoms with Gasteiger partial charge in [-0.3, -0.25) is 4.79 Å². The molecule has 2 aromatic rings. The van der Waals surface area contributed by atoms with E-state index in [0.29, 0.717) is 4.88 Å². The van der Waals surface area contributed by atoms with Crippen molar-refractivity contribution < 1.29 is 4.79 Å². The summed E-state index contributed by atoms with van der Waals surface area (Å²) in [5.41, 5.74) is 10.3. The van der Waals surface area contributed by atoms with Crippen molar-refractivity contribution in [1.82, 2.24) is 0 Å². The van der Waals surface area contributed by atoms with Gasteiger partial charge in [-0.1, -0.05) is 22.0 Å². The molecule has 0 aliphatic carbocycles. The topological polar surface area (TPSA) is 81.5 Å². The van der Waals surface area contributed by atoms with E-state index in [1.54, 1.807) is 6.07 Å². The van der Waals surface area contributed by atoms with Gasteiger partial charge in [0, 0.05) is 14.6 Å². The second-order valence-corrected chi connectivity index (χ2v) is 5.04. The molecule has 1 aromatic heterocycles. The van der Waals surface area contributed by atoms with Gasteiger partial charge in [-0.25, -0.2) is 0 Å². The van der Waals surface area contributed by atoms with E-state index in [0.717, 1.165) is 14.6 Å². The highest BCUT2D eigenvalue weighted by atomic mass is 79.9. The van der Waals surface area contributed by atoms with Gasteiger partial charge in [0.05, 0.1) is 4.88 Å². The summed E-state index contributed by atoms with van der Waals surface area (Å²) in [6.45, 7) is 0. The standard InChI is InChI=1S/C10H8BrN3OS/c11-6-2-1-3-7-5(6)4-8(16-7)9(15)14-10(12)13/h1-4H,(H4,12,13,14,15). The largest absolute Gasteiger partial charge is 0.370 e. The van der Waals surface area contributed by atoms with Crippen LogP contribution in [0.3, 0.4) is 0 Å². The summed E-state index contributed by atoms with van der Waals surface area (Å²) < 4.78 is 1.97. The number of carbonyl (C=O) groups excluding carboxylic acids is 1. The predicted octanol–water partition coefficient (Wildman–Crippen LogP) is 2.08. The number of carbonyl (C=O) groups is 1. The van der Waals surface area contributed by atoms with Crippen molar-refractivity contribution in [2.45, 2.75) is 0 Å². The minimum atomic E-state index is -0.409. The SMILES string of the molecule is NC(N)=NC(=O)c1cc2c(Br)cccc2s1. The van der Waals surface area contributed by atoms with Crippen LogP contribution >= 0.6 is 27.3 Å². The molecule has 82 valence electrons. The van der Waals surface area contributed by atoms with Crippen LogP contribution in [0.25, 0.3) is 10.1 Å². The molecular weight excluding hydrogens is 290 g/mol. The number of nitrogens with zero attached hydrogens (tertiary/aromatic N) is 1. The summed E-state index contributed by atoms with van der Waals surface area (Å²) >= 11 is 4.78. The lowest BCUT2D eigenvalue weighted by atomic mass is 10.2. The number of hydrogen-bond donors (Lipinski definition) is 2. The minimum absolute atomic E-state index is 0.221. The molecule has 0 atom stereocenters. The monoisotopic (exact) mass is 297 g/mol. The Kier molecular flexibility index (Phi) is 2.93. The van der Waals surface area contributed by atoms with E-state index < -0.39 is 5.91 Å². The Morgan fingerprint density at radius 2 is 2.12 bits per heavy atom. The van der Waals surface area contributed by atoms with Crippen molar-refractivity contribution >= 4 is 49.2 Å². The lowest BCUT2D eigenvalue weighted by Crippen LogP contribution is -2.24. The molecule has 1 heterocycles. The summed E-state index contributed by atoms with van der Waals surface area (Å²) in [6, 6.07) is 7.55. The van der Waals surface area contributed by atoms with Gasteiger partial charge < -0.3 is 11.5 Å². The normalized spacial score (nSPS) is 10.3. The molecule has 0 saturated carbocycles. The first kappa shape index (κ1) is 11.1. The Labute approximate surface area is 104 Å². The minimum Gasteiger partial charge on any atom is -0.370 e. The fourth-order valence-electron chi connectivity index (χ4n) is 1.30. The summed E-state index contributed by atoms with van der Waals surface area (Å²) in [4.78, 5) is 15.6. The van der Waals surface area contributed by atoms with Gasteiger partial charge in [0.15, 0.2) is 5.96 Å². The third-order valence-electron chi connectivity index (χ3n) is 1.95. The van der Waals surface area contributed by atoms with Crippen molar-refractivity contribution in [2.75, 3.05) is 0 Å². The number of benzene rings is 1. The maximum Gasteiger partial charge on any atom is 0.290 e. The highest BCUT2D eigenvalue weighted by molar-refractivity contribution is 9.10. The first-order chi connectivity index (χ1) is 7.58. The molecule has 0 fully saturated rings. The zero-order chi connectivity index (χ0) is 11.7. The van der Waals surface area contributed by atoms with Crippen molar-refractivity contribution in [3.05, 3.63) is 33.6 Å². The summed E-state index contributed by atoms with van der Waals surface area (Å²) in [5.74, 6) is -0.630. The Morgan fingerprint density at radius 1 is 1.38 bits per heavy atom. The van der Waals surface area contributed by atoms with Gasteiger partial charge in [0.2, 0.25) is 0 Å². The maximum absolute atomic E-state index is 11.6. The zero-order valence-electron chi connectivity index (χ0n) is 8.11. The molecule has 0 unspecified atom stereocenters. The number of halogens is 1. The third-order valence-corrected chi connectivity index (χ3v) is 3.73. The number of fused-ring (bicyclic) bond motifs is 1. The maximum atomic E-state index is 11.6. The van der Waals surface area contributed by atoms with Crippen LogP contribution in [0.5, 0.6) is 0 Å². The third kappa shape index (κ3) is 2.07. The van der Waals surface area contributed by atoms with E-state index in [-0.39, 0.29) is 5.96 Å². The molecule has 4 N–H and O–H groups in total. The molecule has 6 heteroatoms. The fraction of sp³-hybridized carbons (Fsp3) is 0. The van der Waals surface area contributed by atoms with Crippen LogP contribution in [0.15, 0.2) is 33.7 Å². The van der Waals surface area contributed by atoms with Crippen LogP contribution in [0.4, 0.5) is 0 Å². The van der Waals surface area contributed by atoms with Gasteiger partial charge in [-0.15, -0.1) is 11.3 Å². The second-order valence-electron chi connectivity index (χ2n) is 3.10. The van der Waals surface area contributed by atoms with Crippen molar-refractivity contribution in [3.63, 3.8) is 0 Å². The van der Waals surface area contributed by atoms with E-state index >= 15 is 0 Å². The lowest BCUT2D eigenvalue weighted by molar-refractivity contribution is 0.101. The molecule has 0 radical (unpaired) electrons. The number of nitrogens with two attached hydrogens (primary N) is 2.